The number of hydrogen-bond acceptors (Lipinski definition) is 2. The van der Waals surface area contributed by atoms with E-state index >= 15 is 0 Å². The van der Waals surface area contributed by atoms with Crippen LogP contribution in [0.1, 0.15) is 39.0 Å². The molecule has 0 aliphatic carbocycles. The molecule has 1 atom stereocenters. The van der Waals surface area contributed by atoms with Crippen LogP contribution in [-0.2, 0) is 10.8 Å². The summed E-state index contributed by atoms with van der Waals surface area (Å²) in [6, 6.07) is 4.34. The number of nitrogen functional groups attached to an aromatic ring is 1. The topological polar surface area (TPSA) is 43.1 Å². The van der Waals surface area contributed by atoms with Crippen LogP contribution < -0.4 is 5.73 Å². The van der Waals surface area contributed by atoms with Crippen LogP contribution in [0.3, 0.4) is 0 Å². The van der Waals surface area contributed by atoms with Crippen LogP contribution in [0.5, 0.6) is 0 Å². The molecule has 0 saturated heterocycles. The van der Waals surface area contributed by atoms with Crippen LogP contribution in [0.2, 0.25) is 0 Å². The lowest BCUT2D eigenvalue weighted by Gasteiger charge is -2.04. The lowest BCUT2D eigenvalue weighted by Crippen LogP contribution is -2.01. The third-order valence-electron chi connectivity index (χ3n) is 2.63. The predicted octanol–water partition coefficient (Wildman–Crippen LogP) is 3.49. The molecule has 2 N–H and O–H groups in total. The largest absolute Gasteiger partial charge is 0.399 e. The zero-order chi connectivity index (χ0) is 12.7. The number of benzene rings is 1. The van der Waals surface area contributed by atoms with Crippen LogP contribution >= 0.6 is 0 Å². The molecule has 0 spiro atoms. The summed E-state index contributed by atoms with van der Waals surface area (Å²) in [6.07, 6.45) is 5.52. The van der Waals surface area contributed by atoms with Gasteiger partial charge in [0.2, 0.25) is 0 Å². The Morgan fingerprint density at radius 1 is 1.24 bits per heavy atom. The molecule has 0 aromatic heterocycles. The quantitative estimate of drug-likeness (QED) is 0.600. The Morgan fingerprint density at radius 3 is 2.59 bits per heavy atom. The van der Waals surface area contributed by atoms with E-state index in [1.165, 1.54) is 25.0 Å². The maximum absolute atomic E-state index is 13.5. The normalized spacial score (nSPS) is 12.6. The van der Waals surface area contributed by atoms with Gasteiger partial charge in [-0.25, -0.2) is 4.39 Å². The minimum atomic E-state index is -1.24. The SMILES string of the molecule is CCCCCCCS(=O)c1ccc(N)cc1F. The standard InChI is InChI=1S/C13H20FNOS/c1-2-3-4-5-6-9-17(16)13-8-7-11(15)10-12(13)14/h7-8,10H,2-6,9,15H2,1H3. The van der Waals surface area contributed by atoms with Crippen molar-refractivity contribution in [3.8, 4) is 0 Å². The number of halogens is 1. The molecule has 1 aromatic rings. The molecule has 0 radical (unpaired) electrons. The van der Waals surface area contributed by atoms with Gasteiger partial charge in [-0.2, -0.15) is 0 Å². The summed E-state index contributed by atoms with van der Waals surface area (Å²) >= 11 is 0. The number of anilines is 1. The van der Waals surface area contributed by atoms with Crippen LogP contribution in [0.15, 0.2) is 23.1 Å². The van der Waals surface area contributed by atoms with Gasteiger partial charge >= 0.3 is 0 Å². The highest BCUT2D eigenvalue weighted by Gasteiger charge is 2.09. The summed E-state index contributed by atoms with van der Waals surface area (Å²) in [5.74, 6) is 0.0711. The highest BCUT2D eigenvalue weighted by molar-refractivity contribution is 7.85. The van der Waals surface area contributed by atoms with Crippen LogP contribution in [0.4, 0.5) is 10.1 Å². The van der Waals surface area contributed by atoms with Crippen molar-refractivity contribution in [3.63, 3.8) is 0 Å². The molecule has 0 aliphatic rings. The molecule has 0 fully saturated rings. The fourth-order valence-electron chi connectivity index (χ4n) is 1.65. The molecule has 4 heteroatoms. The minimum Gasteiger partial charge on any atom is -0.399 e. The van der Waals surface area contributed by atoms with Gasteiger partial charge in [0.05, 0.1) is 15.7 Å². The van der Waals surface area contributed by atoms with Crippen molar-refractivity contribution in [2.45, 2.75) is 43.9 Å². The van der Waals surface area contributed by atoms with E-state index in [-0.39, 0.29) is 4.90 Å². The number of rotatable bonds is 7. The Hall–Kier alpha value is -0.900. The monoisotopic (exact) mass is 257 g/mol. The van der Waals surface area contributed by atoms with Gasteiger partial charge in [0, 0.05) is 11.4 Å². The summed E-state index contributed by atoms with van der Waals surface area (Å²) in [5, 5.41) is 0. The van der Waals surface area contributed by atoms with E-state index < -0.39 is 16.6 Å². The van der Waals surface area contributed by atoms with Gasteiger partial charge in [0.25, 0.3) is 0 Å². The molecular weight excluding hydrogens is 237 g/mol. The lowest BCUT2D eigenvalue weighted by molar-refractivity contribution is 0.594. The van der Waals surface area contributed by atoms with E-state index in [0.717, 1.165) is 19.3 Å². The predicted molar refractivity (Wildman–Crippen MR) is 70.8 cm³/mol. The molecule has 2 nitrogen and oxygen atoms in total. The maximum Gasteiger partial charge on any atom is 0.141 e. The first kappa shape index (κ1) is 14.2. The number of unbranched alkanes of at least 4 members (excludes halogenated alkanes) is 4. The van der Waals surface area contributed by atoms with E-state index in [0.29, 0.717) is 11.4 Å². The summed E-state index contributed by atoms with van der Waals surface area (Å²) in [4.78, 5) is 0.273. The van der Waals surface area contributed by atoms with E-state index in [2.05, 4.69) is 6.92 Å². The maximum atomic E-state index is 13.5. The zero-order valence-electron chi connectivity index (χ0n) is 10.2. The molecule has 0 saturated carbocycles. The van der Waals surface area contributed by atoms with Crippen molar-refractivity contribution in [1.29, 1.82) is 0 Å². The molecule has 0 amide bonds. The fourth-order valence-corrected chi connectivity index (χ4v) is 2.83. The number of hydrogen-bond donors (Lipinski definition) is 1. The van der Waals surface area contributed by atoms with E-state index in [1.807, 2.05) is 0 Å². The Labute approximate surface area is 105 Å². The van der Waals surface area contributed by atoms with Crippen LogP contribution in [-0.4, -0.2) is 9.96 Å². The van der Waals surface area contributed by atoms with Gasteiger partial charge in [-0.15, -0.1) is 0 Å². The van der Waals surface area contributed by atoms with Crippen molar-refractivity contribution >= 4 is 16.5 Å². The Balaban J connectivity index is 2.42. The van der Waals surface area contributed by atoms with Gasteiger partial charge in [-0.05, 0) is 24.6 Å². The summed E-state index contributed by atoms with van der Waals surface area (Å²) in [7, 11) is -1.24. The Kier molecular flexibility index (Phi) is 6.19. The second-order valence-corrected chi connectivity index (χ2v) is 5.69. The first-order valence-corrected chi connectivity index (χ1v) is 7.40. The van der Waals surface area contributed by atoms with Gasteiger partial charge in [-0.1, -0.05) is 32.6 Å². The van der Waals surface area contributed by atoms with Gasteiger partial charge in [0.1, 0.15) is 5.82 Å². The lowest BCUT2D eigenvalue weighted by atomic mass is 10.2. The smallest absolute Gasteiger partial charge is 0.141 e. The van der Waals surface area contributed by atoms with Crippen molar-refractivity contribution in [2.24, 2.45) is 0 Å². The highest BCUT2D eigenvalue weighted by atomic mass is 32.2. The molecule has 0 aliphatic heterocycles. The van der Waals surface area contributed by atoms with Crippen molar-refractivity contribution < 1.29 is 8.60 Å². The third kappa shape index (κ3) is 4.86. The average Bonchev–Trinajstić information content (AvgIpc) is 2.28. The van der Waals surface area contributed by atoms with Crippen LogP contribution in [0, 0.1) is 5.82 Å². The summed E-state index contributed by atoms with van der Waals surface area (Å²) in [5.41, 5.74) is 5.81. The first-order chi connectivity index (χ1) is 8.15. The van der Waals surface area contributed by atoms with Gasteiger partial charge in [-0.3, -0.25) is 4.21 Å². The molecule has 96 valence electrons. The second-order valence-electron chi connectivity index (χ2n) is 4.15. The van der Waals surface area contributed by atoms with Crippen LogP contribution in [0.25, 0.3) is 0 Å². The van der Waals surface area contributed by atoms with Gasteiger partial charge < -0.3 is 5.73 Å². The molecule has 17 heavy (non-hydrogen) atoms. The molecule has 1 aromatic carbocycles. The van der Waals surface area contributed by atoms with Crippen molar-refractivity contribution in [1.82, 2.24) is 0 Å². The second kappa shape index (κ2) is 7.43. The molecule has 1 unspecified atom stereocenters. The highest BCUT2D eigenvalue weighted by Crippen LogP contribution is 2.17. The number of nitrogens with two attached hydrogens (primary N) is 1. The van der Waals surface area contributed by atoms with Crippen molar-refractivity contribution in [3.05, 3.63) is 24.0 Å². The third-order valence-corrected chi connectivity index (χ3v) is 4.12. The van der Waals surface area contributed by atoms with E-state index in [1.54, 1.807) is 6.07 Å². The fraction of sp³-hybridized carbons (Fsp3) is 0.538. The summed E-state index contributed by atoms with van der Waals surface area (Å²) < 4.78 is 25.3. The molecular formula is C13H20FNOS. The van der Waals surface area contributed by atoms with Gasteiger partial charge in [0.15, 0.2) is 0 Å². The Morgan fingerprint density at radius 2 is 1.94 bits per heavy atom. The molecule has 0 bridgehead atoms. The molecule has 0 heterocycles. The molecule has 1 rings (SSSR count). The summed E-state index contributed by atoms with van der Waals surface area (Å²) in [6.45, 7) is 2.15. The Bertz CT molecular complexity index is 382. The van der Waals surface area contributed by atoms with E-state index in [9.17, 15) is 8.60 Å². The average molecular weight is 257 g/mol. The minimum absolute atomic E-state index is 0.273. The van der Waals surface area contributed by atoms with E-state index in [4.69, 9.17) is 5.73 Å². The zero-order valence-corrected chi connectivity index (χ0v) is 11.1. The van der Waals surface area contributed by atoms with Crippen molar-refractivity contribution in [2.75, 3.05) is 11.5 Å². The first-order valence-electron chi connectivity index (χ1n) is 6.08.